The van der Waals surface area contributed by atoms with Gasteiger partial charge in [-0.1, -0.05) is 30.3 Å². The lowest BCUT2D eigenvalue weighted by Crippen LogP contribution is -2.31. The summed E-state index contributed by atoms with van der Waals surface area (Å²) in [6, 6.07) is 9.64. The molecule has 3 rings (SSSR count). The highest BCUT2D eigenvalue weighted by Gasteiger charge is 2.20. The van der Waals surface area contributed by atoms with Gasteiger partial charge in [0.2, 0.25) is 0 Å². The minimum atomic E-state index is -1.05. The molecule has 1 aliphatic heterocycles. The molecule has 1 aromatic heterocycles. The van der Waals surface area contributed by atoms with E-state index in [9.17, 15) is 4.79 Å². The largest absolute Gasteiger partial charge is 0.476 e. The van der Waals surface area contributed by atoms with Crippen LogP contribution in [0.1, 0.15) is 29.8 Å². The molecule has 0 radical (unpaired) electrons. The molecule has 1 saturated heterocycles. The predicted molar refractivity (Wildman–Crippen MR) is 80.5 cm³/mol. The van der Waals surface area contributed by atoms with Crippen molar-refractivity contribution in [1.29, 1.82) is 0 Å². The van der Waals surface area contributed by atoms with Crippen LogP contribution < -0.4 is 4.90 Å². The number of hydrogen-bond acceptors (Lipinski definition) is 4. The van der Waals surface area contributed by atoms with Crippen molar-refractivity contribution in [2.75, 3.05) is 18.0 Å². The summed E-state index contributed by atoms with van der Waals surface area (Å²) in [7, 11) is 0. The normalized spacial score (nSPS) is 15.0. The number of aromatic carboxylic acids is 1. The molecule has 21 heavy (non-hydrogen) atoms. The first-order chi connectivity index (χ1) is 10.3. The summed E-state index contributed by atoms with van der Waals surface area (Å²) in [4.78, 5) is 22.1. The van der Waals surface area contributed by atoms with Crippen molar-refractivity contribution in [2.45, 2.75) is 19.3 Å². The van der Waals surface area contributed by atoms with Gasteiger partial charge in [-0.05, 0) is 19.3 Å². The molecule has 0 amide bonds. The van der Waals surface area contributed by atoms with E-state index in [0.29, 0.717) is 5.69 Å². The Kier molecular flexibility index (Phi) is 3.81. The fourth-order valence-corrected chi connectivity index (χ4v) is 2.61. The maximum Gasteiger partial charge on any atom is 0.356 e. The van der Waals surface area contributed by atoms with Gasteiger partial charge in [0.05, 0.1) is 6.20 Å². The maximum absolute atomic E-state index is 11.2. The molecule has 1 fully saturated rings. The van der Waals surface area contributed by atoms with E-state index >= 15 is 0 Å². The number of carboxylic acid groups (broad SMARTS) is 1. The molecule has 5 heteroatoms. The number of benzene rings is 1. The van der Waals surface area contributed by atoms with E-state index < -0.39 is 5.97 Å². The van der Waals surface area contributed by atoms with E-state index in [1.807, 2.05) is 30.3 Å². The van der Waals surface area contributed by atoms with E-state index in [0.717, 1.165) is 37.3 Å². The number of aromatic nitrogens is 2. The van der Waals surface area contributed by atoms with E-state index in [1.54, 1.807) is 0 Å². The van der Waals surface area contributed by atoms with Gasteiger partial charge < -0.3 is 10.0 Å². The van der Waals surface area contributed by atoms with E-state index in [1.165, 1.54) is 12.6 Å². The molecular weight excluding hydrogens is 266 g/mol. The number of carboxylic acids is 1. The van der Waals surface area contributed by atoms with E-state index in [-0.39, 0.29) is 5.69 Å². The minimum Gasteiger partial charge on any atom is -0.476 e. The van der Waals surface area contributed by atoms with Crippen molar-refractivity contribution in [3.05, 3.63) is 42.2 Å². The van der Waals surface area contributed by atoms with E-state index in [2.05, 4.69) is 14.9 Å². The lowest BCUT2D eigenvalue weighted by atomic mass is 10.1. The fraction of sp³-hybridized carbons (Fsp3) is 0.312. The third kappa shape index (κ3) is 2.86. The zero-order chi connectivity index (χ0) is 14.7. The van der Waals surface area contributed by atoms with Gasteiger partial charge in [0.15, 0.2) is 11.5 Å². The molecule has 1 aliphatic rings. The highest BCUT2D eigenvalue weighted by atomic mass is 16.4. The van der Waals surface area contributed by atoms with Gasteiger partial charge in [-0.3, -0.25) is 0 Å². The topological polar surface area (TPSA) is 66.3 Å². The fourth-order valence-electron chi connectivity index (χ4n) is 2.61. The van der Waals surface area contributed by atoms with Crippen molar-refractivity contribution in [3.8, 4) is 11.3 Å². The van der Waals surface area contributed by atoms with E-state index in [4.69, 9.17) is 5.11 Å². The zero-order valence-electron chi connectivity index (χ0n) is 11.7. The number of piperidine rings is 1. The monoisotopic (exact) mass is 283 g/mol. The Morgan fingerprint density at radius 1 is 1.10 bits per heavy atom. The first-order valence-electron chi connectivity index (χ1n) is 7.16. The van der Waals surface area contributed by atoms with Crippen molar-refractivity contribution >= 4 is 11.8 Å². The number of nitrogens with zero attached hydrogens (tertiary/aromatic N) is 3. The number of anilines is 1. The predicted octanol–water partition coefficient (Wildman–Crippen LogP) is 2.83. The Bertz CT molecular complexity index is 637. The Morgan fingerprint density at radius 3 is 2.48 bits per heavy atom. The number of rotatable bonds is 3. The smallest absolute Gasteiger partial charge is 0.356 e. The maximum atomic E-state index is 11.2. The van der Waals surface area contributed by atoms with Crippen LogP contribution in [0.4, 0.5) is 5.82 Å². The van der Waals surface area contributed by atoms with Gasteiger partial charge in [0.1, 0.15) is 5.69 Å². The molecule has 0 bridgehead atoms. The Morgan fingerprint density at radius 2 is 1.81 bits per heavy atom. The van der Waals surface area contributed by atoms with Crippen LogP contribution in [0.15, 0.2) is 36.5 Å². The summed E-state index contributed by atoms with van der Waals surface area (Å²) >= 11 is 0. The molecule has 0 atom stereocenters. The average molecular weight is 283 g/mol. The molecular formula is C16H17N3O2. The van der Waals surface area contributed by atoms with Crippen LogP contribution in [0.2, 0.25) is 0 Å². The summed E-state index contributed by atoms with van der Waals surface area (Å²) < 4.78 is 0. The summed E-state index contributed by atoms with van der Waals surface area (Å²) in [6.45, 7) is 1.89. The second kappa shape index (κ2) is 5.91. The van der Waals surface area contributed by atoms with Crippen molar-refractivity contribution < 1.29 is 9.90 Å². The first kappa shape index (κ1) is 13.5. The second-order valence-electron chi connectivity index (χ2n) is 5.15. The van der Waals surface area contributed by atoms with Crippen molar-refractivity contribution in [2.24, 2.45) is 0 Å². The first-order valence-corrected chi connectivity index (χ1v) is 7.16. The highest BCUT2D eigenvalue weighted by Crippen LogP contribution is 2.29. The van der Waals surface area contributed by atoms with Crippen LogP contribution in [0.3, 0.4) is 0 Å². The van der Waals surface area contributed by atoms with Gasteiger partial charge in [0.25, 0.3) is 0 Å². The van der Waals surface area contributed by atoms with Crippen LogP contribution in [0.5, 0.6) is 0 Å². The minimum absolute atomic E-state index is 0.0189. The van der Waals surface area contributed by atoms with Gasteiger partial charge in [-0.15, -0.1) is 0 Å². The molecule has 1 aromatic carbocycles. The lowest BCUT2D eigenvalue weighted by molar-refractivity contribution is 0.0690. The molecule has 1 N–H and O–H groups in total. The third-order valence-electron chi connectivity index (χ3n) is 3.68. The highest BCUT2D eigenvalue weighted by molar-refractivity contribution is 5.87. The van der Waals surface area contributed by atoms with Gasteiger partial charge >= 0.3 is 5.97 Å². The third-order valence-corrected chi connectivity index (χ3v) is 3.68. The molecule has 5 nitrogen and oxygen atoms in total. The van der Waals surface area contributed by atoms with Gasteiger partial charge in [-0.2, -0.15) is 0 Å². The van der Waals surface area contributed by atoms with Crippen LogP contribution in [0, 0.1) is 0 Å². The van der Waals surface area contributed by atoms with Crippen LogP contribution in [0.25, 0.3) is 11.3 Å². The van der Waals surface area contributed by atoms with Crippen LogP contribution >= 0.6 is 0 Å². The Hall–Kier alpha value is -2.43. The average Bonchev–Trinajstić information content (AvgIpc) is 2.56. The second-order valence-corrected chi connectivity index (χ2v) is 5.15. The van der Waals surface area contributed by atoms with Crippen molar-refractivity contribution in [1.82, 2.24) is 9.97 Å². The summed E-state index contributed by atoms with van der Waals surface area (Å²) in [5, 5.41) is 9.14. The Balaban J connectivity index is 2.08. The molecule has 2 aromatic rings. The Labute approximate surface area is 123 Å². The van der Waals surface area contributed by atoms with Crippen LogP contribution in [-0.4, -0.2) is 34.1 Å². The zero-order valence-corrected chi connectivity index (χ0v) is 11.7. The van der Waals surface area contributed by atoms with Crippen LogP contribution in [-0.2, 0) is 0 Å². The summed E-state index contributed by atoms with van der Waals surface area (Å²) in [6.07, 6.45) is 4.85. The molecule has 0 unspecified atom stereocenters. The number of hydrogen-bond donors (Lipinski definition) is 1. The summed E-state index contributed by atoms with van der Waals surface area (Å²) in [5.41, 5.74) is 1.53. The lowest BCUT2D eigenvalue weighted by Gasteiger charge is -2.29. The molecule has 108 valence electrons. The molecule has 2 heterocycles. The SMILES string of the molecule is O=C(O)c1cnc(N2CCCCC2)c(-c2ccccc2)n1. The number of carbonyl (C=O) groups is 1. The molecule has 0 aliphatic carbocycles. The molecule has 0 saturated carbocycles. The molecule has 0 spiro atoms. The summed E-state index contributed by atoms with van der Waals surface area (Å²) in [5.74, 6) is -0.268. The van der Waals surface area contributed by atoms with Gasteiger partial charge in [-0.25, -0.2) is 14.8 Å². The standard InChI is InChI=1S/C16H17N3O2/c20-16(21)13-11-17-15(19-9-5-2-6-10-19)14(18-13)12-7-3-1-4-8-12/h1,3-4,7-8,11H,2,5-6,9-10H2,(H,20,21). The van der Waals surface area contributed by atoms with Gasteiger partial charge in [0, 0.05) is 18.7 Å². The van der Waals surface area contributed by atoms with Crippen molar-refractivity contribution in [3.63, 3.8) is 0 Å². The quantitative estimate of drug-likeness (QED) is 0.938.